The van der Waals surface area contributed by atoms with Crippen LogP contribution in [0, 0.1) is 5.92 Å². The zero-order valence-electron chi connectivity index (χ0n) is 12.4. The molecule has 1 atom stereocenters. The van der Waals surface area contributed by atoms with Crippen LogP contribution in [0.4, 0.5) is 0 Å². The monoisotopic (exact) mass is 263 g/mol. The predicted molar refractivity (Wildman–Crippen MR) is 78.6 cm³/mol. The molecule has 0 heterocycles. The second kappa shape index (κ2) is 7.82. The molecule has 1 aromatic rings. The minimum absolute atomic E-state index is 0.0142. The van der Waals surface area contributed by atoms with Gasteiger partial charge in [-0.1, -0.05) is 26.7 Å². The Morgan fingerprint density at radius 3 is 2.32 bits per heavy atom. The Balaban J connectivity index is 2.40. The molecule has 0 saturated carbocycles. The summed E-state index contributed by atoms with van der Waals surface area (Å²) in [5.74, 6) is 1.48. The predicted octanol–water partition coefficient (Wildman–Crippen LogP) is 3.64. The smallest absolute Gasteiger partial charge is 0.251 e. The van der Waals surface area contributed by atoms with Crippen LogP contribution in [0.3, 0.4) is 0 Å². The van der Waals surface area contributed by atoms with E-state index in [2.05, 4.69) is 26.1 Å². The largest absolute Gasteiger partial charge is 0.497 e. The molecule has 0 aliphatic heterocycles. The summed E-state index contributed by atoms with van der Waals surface area (Å²) in [7, 11) is 1.62. The Kier molecular flexibility index (Phi) is 6.40. The Hall–Kier alpha value is -1.51. The van der Waals surface area contributed by atoms with E-state index in [0.29, 0.717) is 5.56 Å². The van der Waals surface area contributed by atoms with Gasteiger partial charge < -0.3 is 10.1 Å². The molecule has 0 saturated heterocycles. The SMILES string of the molecule is COc1ccc(C(=O)N[C@@H](C)CCCC(C)C)cc1. The highest BCUT2D eigenvalue weighted by Crippen LogP contribution is 2.12. The molecule has 19 heavy (non-hydrogen) atoms. The lowest BCUT2D eigenvalue weighted by molar-refractivity contribution is 0.0937. The number of carbonyl (C=O) groups excluding carboxylic acids is 1. The van der Waals surface area contributed by atoms with Crippen LogP contribution in [0.1, 0.15) is 50.4 Å². The van der Waals surface area contributed by atoms with Gasteiger partial charge >= 0.3 is 0 Å². The lowest BCUT2D eigenvalue weighted by Crippen LogP contribution is -2.32. The molecule has 0 unspecified atom stereocenters. The first-order valence-corrected chi connectivity index (χ1v) is 6.98. The van der Waals surface area contributed by atoms with E-state index in [4.69, 9.17) is 4.74 Å². The molecule has 0 fully saturated rings. The quantitative estimate of drug-likeness (QED) is 0.815. The average Bonchev–Trinajstić information content (AvgIpc) is 2.38. The molecule has 0 aliphatic carbocycles. The zero-order valence-corrected chi connectivity index (χ0v) is 12.4. The summed E-state index contributed by atoms with van der Waals surface area (Å²) in [5, 5.41) is 3.03. The molecule has 1 aromatic carbocycles. The van der Waals surface area contributed by atoms with Gasteiger partial charge in [0.2, 0.25) is 0 Å². The lowest BCUT2D eigenvalue weighted by Gasteiger charge is -2.14. The third-order valence-electron chi connectivity index (χ3n) is 3.15. The van der Waals surface area contributed by atoms with Crippen molar-refractivity contribution in [1.82, 2.24) is 5.32 Å². The number of benzene rings is 1. The van der Waals surface area contributed by atoms with Crippen molar-refractivity contribution in [3.8, 4) is 5.75 Å². The summed E-state index contributed by atoms with van der Waals surface area (Å²) in [4.78, 5) is 12.0. The van der Waals surface area contributed by atoms with E-state index in [-0.39, 0.29) is 11.9 Å². The molecule has 0 spiro atoms. The van der Waals surface area contributed by atoms with Gasteiger partial charge in [0.25, 0.3) is 5.91 Å². The van der Waals surface area contributed by atoms with Crippen LogP contribution in [-0.4, -0.2) is 19.1 Å². The highest BCUT2D eigenvalue weighted by atomic mass is 16.5. The van der Waals surface area contributed by atoms with Crippen molar-refractivity contribution in [3.63, 3.8) is 0 Å². The van der Waals surface area contributed by atoms with Crippen LogP contribution >= 0.6 is 0 Å². The maximum absolute atomic E-state index is 12.0. The number of hydrogen-bond donors (Lipinski definition) is 1. The first-order valence-electron chi connectivity index (χ1n) is 6.98. The minimum atomic E-state index is -0.0142. The average molecular weight is 263 g/mol. The fraction of sp³-hybridized carbons (Fsp3) is 0.562. The van der Waals surface area contributed by atoms with Crippen LogP contribution in [0.5, 0.6) is 5.75 Å². The molecule has 0 bridgehead atoms. The van der Waals surface area contributed by atoms with Gasteiger partial charge in [0.1, 0.15) is 5.75 Å². The van der Waals surface area contributed by atoms with Crippen LogP contribution < -0.4 is 10.1 Å². The van der Waals surface area contributed by atoms with E-state index in [0.717, 1.165) is 24.5 Å². The topological polar surface area (TPSA) is 38.3 Å². The molecular formula is C16H25NO2. The van der Waals surface area contributed by atoms with Gasteiger partial charge in [-0.05, 0) is 43.5 Å². The van der Waals surface area contributed by atoms with Crippen LogP contribution in [0.2, 0.25) is 0 Å². The van der Waals surface area contributed by atoms with Gasteiger partial charge in [0, 0.05) is 11.6 Å². The minimum Gasteiger partial charge on any atom is -0.497 e. The molecule has 0 radical (unpaired) electrons. The van der Waals surface area contributed by atoms with Gasteiger partial charge in [-0.2, -0.15) is 0 Å². The second-order valence-electron chi connectivity index (χ2n) is 5.43. The molecule has 1 rings (SSSR count). The fourth-order valence-corrected chi connectivity index (χ4v) is 1.95. The van der Waals surface area contributed by atoms with Crippen LogP contribution in [-0.2, 0) is 0 Å². The highest BCUT2D eigenvalue weighted by molar-refractivity contribution is 5.94. The van der Waals surface area contributed by atoms with Crippen molar-refractivity contribution in [3.05, 3.63) is 29.8 Å². The van der Waals surface area contributed by atoms with Crippen LogP contribution in [0.25, 0.3) is 0 Å². The summed E-state index contributed by atoms with van der Waals surface area (Å²) in [6.45, 7) is 6.50. The van der Waals surface area contributed by atoms with E-state index in [1.54, 1.807) is 31.4 Å². The van der Waals surface area contributed by atoms with Crippen molar-refractivity contribution in [1.29, 1.82) is 0 Å². The van der Waals surface area contributed by atoms with E-state index < -0.39 is 0 Å². The molecule has 1 amide bonds. The molecule has 0 aromatic heterocycles. The summed E-state index contributed by atoms with van der Waals surface area (Å²) >= 11 is 0. The number of hydrogen-bond acceptors (Lipinski definition) is 2. The second-order valence-corrected chi connectivity index (χ2v) is 5.43. The van der Waals surface area contributed by atoms with E-state index in [1.807, 2.05) is 0 Å². The third kappa shape index (κ3) is 5.77. The number of amides is 1. The summed E-state index contributed by atoms with van der Waals surface area (Å²) in [6, 6.07) is 7.40. The van der Waals surface area contributed by atoms with E-state index >= 15 is 0 Å². The van der Waals surface area contributed by atoms with Crippen molar-refractivity contribution in [2.24, 2.45) is 5.92 Å². The number of carbonyl (C=O) groups is 1. The Morgan fingerprint density at radius 2 is 1.79 bits per heavy atom. The number of rotatable bonds is 7. The maximum atomic E-state index is 12.0. The van der Waals surface area contributed by atoms with Gasteiger partial charge in [0.15, 0.2) is 0 Å². The molecule has 1 N–H and O–H groups in total. The Morgan fingerprint density at radius 1 is 1.16 bits per heavy atom. The highest BCUT2D eigenvalue weighted by Gasteiger charge is 2.09. The normalized spacial score (nSPS) is 12.3. The maximum Gasteiger partial charge on any atom is 0.251 e. The Labute approximate surface area is 116 Å². The molecule has 3 heteroatoms. The van der Waals surface area contributed by atoms with Gasteiger partial charge in [-0.25, -0.2) is 0 Å². The lowest BCUT2D eigenvalue weighted by atomic mass is 10.0. The first kappa shape index (κ1) is 15.5. The Bertz CT molecular complexity index is 384. The molecule has 3 nitrogen and oxygen atoms in total. The first-order chi connectivity index (χ1) is 9.02. The third-order valence-corrected chi connectivity index (χ3v) is 3.15. The molecular weight excluding hydrogens is 238 g/mol. The van der Waals surface area contributed by atoms with Crippen LogP contribution in [0.15, 0.2) is 24.3 Å². The van der Waals surface area contributed by atoms with Crippen molar-refractivity contribution < 1.29 is 9.53 Å². The van der Waals surface area contributed by atoms with Crippen molar-refractivity contribution in [2.75, 3.05) is 7.11 Å². The fourth-order valence-electron chi connectivity index (χ4n) is 1.95. The van der Waals surface area contributed by atoms with Crippen molar-refractivity contribution in [2.45, 2.75) is 46.1 Å². The van der Waals surface area contributed by atoms with E-state index in [1.165, 1.54) is 6.42 Å². The molecule has 0 aliphatic rings. The van der Waals surface area contributed by atoms with Gasteiger partial charge in [-0.15, -0.1) is 0 Å². The van der Waals surface area contributed by atoms with Crippen molar-refractivity contribution >= 4 is 5.91 Å². The van der Waals surface area contributed by atoms with Gasteiger partial charge in [-0.3, -0.25) is 4.79 Å². The summed E-state index contributed by atoms with van der Waals surface area (Å²) in [5.41, 5.74) is 0.677. The number of methoxy groups -OCH3 is 1. The summed E-state index contributed by atoms with van der Waals surface area (Å²) in [6.07, 6.45) is 3.39. The standard InChI is InChI=1S/C16H25NO2/c1-12(2)6-5-7-13(3)17-16(18)14-8-10-15(19-4)11-9-14/h8-13H,5-7H2,1-4H3,(H,17,18)/t13-/m0/s1. The van der Waals surface area contributed by atoms with E-state index in [9.17, 15) is 4.79 Å². The number of nitrogens with one attached hydrogen (secondary N) is 1. The molecule has 106 valence electrons. The van der Waals surface area contributed by atoms with Gasteiger partial charge in [0.05, 0.1) is 7.11 Å². The zero-order chi connectivity index (χ0) is 14.3. The number of ether oxygens (including phenoxy) is 1. The summed E-state index contributed by atoms with van der Waals surface area (Å²) < 4.78 is 5.07.